The van der Waals surface area contributed by atoms with Crippen LogP contribution in [0.25, 0.3) is 0 Å². The molecule has 2 aromatic rings. The maximum Gasteiger partial charge on any atom is 0.197 e. The molecule has 0 atom stereocenters. The van der Waals surface area contributed by atoms with Gasteiger partial charge in [0.25, 0.3) is 0 Å². The lowest BCUT2D eigenvalue weighted by atomic mass is 10.2. The van der Waals surface area contributed by atoms with E-state index in [9.17, 15) is 0 Å². The zero-order chi connectivity index (χ0) is 14.5. The summed E-state index contributed by atoms with van der Waals surface area (Å²) < 4.78 is 15.1. The highest BCUT2D eigenvalue weighted by atomic mass is 32.1. The molecule has 0 spiro atoms. The zero-order valence-corrected chi connectivity index (χ0v) is 12.7. The summed E-state index contributed by atoms with van der Waals surface area (Å²) in [6, 6.07) is 7.95. The largest absolute Gasteiger partial charge is 0.496 e. The van der Waals surface area contributed by atoms with E-state index in [0.29, 0.717) is 24.7 Å². The van der Waals surface area contributed by atoms with Gasteiger partial charge in [-0.25, -0.2) is 0 Å². The second kappa shape index (κ2) is 6.47. The molecule has 2 rings (SSSR count). The Labute approximate surface area is 123 Å². The molecule has 0 saturated carbocycles. The summed E-state index contributed by atoms with van der Waals surface area (Å²) in [5, 5.41) is 0.926. The van der Waals surface area contributed by atoms with Crippen LogP contribution in [0.1, 0.15) is 12.5 Å². The summed E-state index contributed by atoms with van der Waals surface area (Å²) in [6.07, 6.45) is 0. The summed E-state index contributed by atoms with van der Waals surface area (Å²) >= 11 is 1.34. The van der Waals surface area contributed by atoms with Gasteiger partial charge >= 0.3 is 0 Å². The number of aromatic nitrogens is 1. The van der Waals surface area contributed by atoms with Gasteiger partial charge in [0.05, 0.1) is 13.7 Å². The molecule has 20 heavy (non-hydrogen) atoms. The van der Waals surface area contributed by atoms with Crippen molar-refractivity contribution in [2.75, 3.05) is 31.4 Å². The molecule has 0 aliphatic carbocycles. The second-order valence-corrected chi connectivity index (χ2v) is 5.05. The predicted molar refractivity (Wildman–Crippen MR) is 82.8 cm³/mol. The quantitative estimate of drug-likeness (QED) is 0.887. The minimum absolute atomic E-state index is 0.443. The molecule has 0 unspecified atom stereocenters. The van der Waals surface area contributed by atoms with E-state index in [-0.39, 0.29) is 0 Å². The number of hydrogen-bond acceptors (Lipinski definition) is 6. The zero-order valence-electron chi connectivity index (χ0n) is 11.9. The second-order valence-electron chi connectivity index (χ2n) is 4.30. The number of nitrogens with zero attached hydrogens (tertiary/aromatic N) is 2. The smallest absolute Gasteiger partial charge is 0.197 e. The third-order valence-electron chi connectivity index (χ3n) is 2.89. The average Bonchev–Trinajstić information content (AvgIpc) is 2.81. The maximum atomic E-state index is 5.84. The normalized spacial score (nSPS) is 10.3. The summed E-state index contributed by atoms with van der Waals surface area (Å²) in [7, 11) is 3.66. The number of para-hydroxylation sites is 1. The van der Waals surface area contributed by atoms with Crippen LogP contribution in [0.5, 0.6) is 11.5 Å². The van der Waals surface area contributed by atoms with Gasteiger partial charge in [-0.15, -0.1) is 0 Å². The van der Waals surface area contributed by atoms with Crippen LogP contribution < -0.4 is 20.1 Å². The highest BCUT2D eigenvalue weighted by Crippen LogP contribution is 2.38. The fourth-order valence-electron chi connectivity index (χ4n) is 1.97. The van der Waals surface area contributed by atoms with Gasteiger partial charge in [0, 0.05) is 19.2 Å². The standard InChI is InChI=1S/C14H19N3O2S/c1-4-19-12-13(15)16-20-14(12)17(2)9-10-7-5-6-8-11(10)18-3/h5-8H,4,9H2,1-3H3,(H2,15,16). The Morgan fingerprint density at radius 2 is 2.10 bits per heavy atom. The van der Waals surface area contributed by atoms with Gasteiger partial charge in [-0.1, -0.05) is 18.2 Å². The minimum Gasteiger partial charge on any atom is -0.496 e. The first-order valence-corrected chi connectivity index (χ1v) is 7.15. The average molecular weight is 293 g/mol. The Balaban J connectivity index is 2.21. The lowest BCUT2D eigenvalue weighted by molar-refractivity contribution is 0.343. The van der Waals surface area contributed by atoms with Crippen LogP contribution in [0.15, 0.2) is 24.3 Å². The lowest BCUT2D eigenvalue weighted by Crippen LogP contribution is -2.16. The van der Waals surface area contributed by atoms with Crippen LogP contribution in [0.3, 0.4) is 0 Å². The molecule has 0 radical (unpaired) electrons. The fourth-order valence-corrected chi connectivity index (χ4v) is 2.69. The number of anilines is 2. The van der Waals surface area contributed by atoms with Crippen molar-refractivity contribution < 1.29 is 9.47 Å². The molecule has 0 aliphatic heterocycles. The third-order valence-corrected chi connectivity index (χ3v) is 3.85. The van der Waals surface area contributed by atoms with Crippen LogP contribution >= 0.6 is 11.5 Å². The van der Waals surface area contributed by atoms with Crippen LogP contribution in [0.4, 0.5) is 10.8 Å². The van der Waals surface area contributed by atoms with Crippen molar-refractivity contribution in [2.24, 2.45) is 0 Å². The molecule has 0 saturated heterocycles. The number of rotatable bonds is 6. The van der Waals surface area contributed by atoms with Gasteiger partial charge < -0.3 is 20.1 Å². The van der Waals surface area contributed by atoms with Crippen LogP contribution in [0.2, 0.25) is 0 Å². The number of methoxy groups -OCH3 is 1. The maximum absolute atomic E-state index is 5.84. The minimum atomic E-state index is 0.443. The lowest BCUT2D eigenvalue weighted by Gasteiger charge is -2.19. The van der Waals surface area contributed by atoms with Crippen molar-refractivity contribution in [1.29, 1.82) is 0 Å². The molecule has 0 amide bonds. The first-order chi connectivity index (χ1) is 9.67. The molecule has 0 aliphatic rings. The van der Waals surface area contributed by atoms with Crippen LogP contribution in [-0.2, 0) is 6.54 Å². The predicted octanol–water partition coefficient (Wildman–Crippen LogP) is 2.77. The molecule has 6 heteroatoms. The van der Waals surface area contributed by atoms with Gasteiger partial charge in [-0.05, 0) is 24.5 Å². The van der Waals surface area contributed by atoms with Crippen molar-refractivity contribution in [3.63, 3.8) is 0 Å². The summed E-state index contributed by atoms with van der Waals surface area (Å²) in [6.45, 7) is 3.20. The Kier molecular flexibility index (Phi) is 4.68. The van der Waals surface area contributed by atoms with E-state index < -0.39 is 0 Å². The Bertz CT molecular complexity index is 571. The van der Waals surface area contributed by atoms with Crippen LogP contribution in [-0.4, -0.2) is 25.1 Å². The molecular formula is C14H19N3O2S. The van der Waals surface area contributed by atoms with Crippen molar-refractivity contribution in [3.05, 3.63) is 29.8 Å². The Morgan fingerprint density at radius 1 is 1.35 bits per heavy atom. The van der Waals surface area contributed by atoms with Crippen molar-refractivity contribution in [3.8, 4) is 11.5 Å². The Morgan fingerprint density at radius 3 is 2.80 bits per heavy atom. The molecule has 5 nitrogen and oxygen atoms in total. The van der Waals surface area contributed by atoms with Gasteiger partial charge in [0.2, 0.25) is 0 Å². The molecule has 0 bridgehead atoms. The van der Waals surface area contributed by atoms with E-state index in [2.05, 4.69) is 9.27 Å². The summed E-state index contributed by atoms with van der Waals surface area (Å²) in [4.78, 5) is 2.07. The number of ether oxygens (including phenoxy) is 2. The summed E-state index contributed by atoms with van der Waals surface area (Å²) in [5.74, 6) is 1.98. The van der Waals surface area contributed by atoms with E-state index in [1.165, 1.54) is 11.5 Å². The molecule has 0 fully saturated rings. The van der Waals surface area contributed by atoms with E-state index >= 15 is 0 Å². The third kappa shape index (κ3) is 2.96. The molecule has 2 N–H and O–H groups in total. The monoisotopic (exact) mass is 293 g/mol. The number of benzene rings is 1. The fraction of sp³-hybridized carbons (Fsp3) is 0.357. The van der Waals surface area contributed by atoms with E-state index in [1.54, 1.807) is 7.11 Å². The Hall–Kier alpha value is -1.95. The molecule has 1 aromatic carbocycles. The topological polar surface area (TPSA) is 60.6 Å². The van der Waals surface area contributed by atoms with Crippen molar-refractivity contribution in [2.45, 2.75) is 13.5 Å². The molecule has 1 aromatic heterocycles. The highest BCUT2D eigenvalue weighted by molar-refractivity contribution is 7.11. The first kappa shape index (κ1) is 14.5. The summed E-state index contributed by atoms with van der Waals surface area (Å²) in [5.41, 5.74) is 6.94. The molecular weight excluding hydrogens is 274 g/mol. The number of nitrogen functional groups attached to an aromatic ring is 1. The van der Waals surface area contributed by atoms with Gasteiger partial charge in [-0.2, -0.15) is 4.37 Å². The van der Waals surface area contributed by atoms with Crippen LogP contribution in [0, 0.1) is 0 Å². The van der Waals surface area contributed by atoms with Crippen molar-refractivity contribution in [1.82, 2.24) is 4.37 Å². The van der Waals surface area contributed by atoms with E-state index in [0.717, 1.165) is 16.3 Å². The molecule has 1 heterocycles. The van der Waals surface area contributed by atoms with Gasteiger partial charge in [0.15, 0.2) is 16.6 Å². The van der Waals surface area contributed by atoms with Gasteiger partial charge in [-0.3, -0.25) is 0 Å². The molecule has 108 valence electrons. The SMILES string of the molecule is CCOc1c(N)nsc1N(C)Cc1ccccc1OC. The van der Waals surface area contributed by atoms with Gasteiger partial charge in [0.1, 0.15) is 5.75 Å². The van der Waals surface area contributed by atoms with E-state index in [1.807, 2.05) is 38.2 Å². The highest BCUT2D eigenvalue weighted by Gasteiger charge is 2.17. The number of hydrogen-bond donors (Lipinski definition) is 1. The van der Waals surface area contributed by atoms with Crippen molar-refractivity contribution >= 4 is 22.4 Å². The number of nitrogens with two attached hydrogens (primary N) is 1. The van der Waals surface area contributed by atoms with E-state index in [4.69, 9.17) is 15.2 Å². The first-order valence-electron chi connectivity index (χ1n) is 6.38.